The number of amides is 1. The van der Waals surface area contributed by atoms with Crippen molar-refractivity contribution < 1.29 is 19.4 Å². The van der Waals surface area contributed by atoms with Crippen molar-refractivity contribution in [2.75, 3.05) is 13.7 Å². The zero-order chi connectivity index (χ0) is 17.8. The Bertz CT molecular complexity index is 596. The fourth-order valence-corrected chi connectivity index (χ4v) is 2.61. The van der Waals surface area contributed by atoms with Crippen LogP contribution in [0.4, 0.5) is 0 Å². The number of rotatable bonds is 6. The molecule has 0 saturated carbocycles. The number of aliphatic carboxylic acids is 1. The summed E-state index contributed by atoms with van der Waals surface area (Å²) in [6.07, 6.45) is -0.0375. The maximum Gasteiger partial charge on any atom is 0.303 e. The molecular weight excluding hydrogens is 341 g/mol. The van der Waals surface area contributed by atoms with Crippen LogP contribution < -0.4 is 10.1 Å². The van der Waals surface area contributed by atoms with Crippen molar-refractivity contribution in [3.8, 4) is 5.75 Å². The van der Waals surface area contributed by atoms with Gasteiger partial charge in [0.1, 0.15) is 5.56 Å². The van der Waals surface area contributed by atoms with Crippen LogP contribution in [0.1, 0.15) is 37.6 Å². The van der Waals surface area contributed by atoms with Gasteiger partial charge in [0.25, 0.3) is 5.91 Å². The standard InChI is InChI=1S/C16H21Cl2NO4/c1-16(2,3)9(7-12(20)21)8-19-15(22)13-10(17)5-6-11(18)14(13)23-4/h5-6,9H,7-8H2,1-4H3,(H,19,22)(H,20,21). The van der Waals surface area contributed by atoms with E-state index in [0.29, 0.717) is 0 Å². The number of carboxylic acid groups (broad SMARTS) is 1. The fraction of sp³-hybridized carbons (Fsp3) is 0.500. The lowest BCUT2D eigenvalue weighted by molar-refractivity contribution is -0.139. The van der Waals surface area contributed by atoms with Gasteiger partial charge >= 0.3 is 5.97 Å². The lowest BCUT2D eigenvalue weighted by Gasteiger charge is -2.29. The average Bonchev–Trinajstić information content (AvgIpc) is 2.43. The minimum absolute atomic E-state index is 0.0375. The van der Waals surface area contributed by atoms with E-state index in [1.807, 2.05) is 20.8 Å². The molecule has 128 valence electrons. The third-order valence-corrected chi connectivity index (χ3v) is 4.26. The summed E-state index contributed by atoms with van der Waals surface area (Å²) in [4.78, 5) is 23.4. The lowest BCUT2D eigenvalue weighted by Crippen LogP contribution is -2.36. The molecule has 1 aromatic carbocycles. The molecule has 1 amide bonds. The molecule has 0 radical (unpaired) electrons. The largest absolute Gasteiger partial charge is 0.494 e. The van der Waals surface area contributed by atoms with Gasteiger partial charge in [-0.25, -0.2) is 0 Å². The predicted octanol–water partition coefficient (Wildman–Crippen LogP) is 3.87. The average molecular weight is 362 g/mol. The monoisotopic (exact) mass is 361 g/mol. The summed E-state index contributed by atoms with van der Waals surface area (Å²) in [6.45, 7) is 6.00. The van der Waals surface area contributed by atoms with Gasteiger partial charge in [-0.05, 0) is 23.5 Å². The summed E-state index contributed by atoms with van der Waals surface area (Å²) in [5.74, 6) is -1.39. The number of ether oxygens (including phenoxy) is 1. The number of nitrogens with one attached hydrogen (secondary N) is 1. The van der Waals surface area contributed by atoms with E-state index < -0.39 is 11.9 Å². The molecule has 0 bridgehead atoms. The summed E-state index contributed by atoms with van der Waals surface area (Å²) < 4.78 is 5.15. The molecule has 1 rings (SSSR count). The van der Waals surface area contributed by atoms with Gasteiger partial charge in [-0.15, -0.1) is 0 Å². The van der Waals surface area contributed by atoms with Crippen LogP contribution in [0.25, 0.3) is 0 Å². The van der Waals surface area contributed by atoms with E-state index in [1.165, 1.54) is 13.2 Å². The van der Waals surface area contributed by atoms with Crippen molar-refractivity contribution in [1.82, 2.24) is 5.32 Å². The van der Waals surface area contributed by atoms with Crippen molar-refractivity contribution >= 4 is 35.1 Å². The molecule has 0 spiro atoms. The molecule has 0 aromatic heterocycles. The minimum atomic E-state index is -0.905. The number of methoxy groups -OCH3 is 1. The van der Waals surface area contributed by atoms with Gasteiger partial charge in [-0.3, -0.25) is 9.59 Å². The highest BCUT2D eigenvalue weighted by Crippen LogP contribution is 2.34. The third-order valence-electron chi connectivity index (χ3n) is 3.64. The van der Waals surface area contributed by atoms with Gasteiger partial charge < -0.3 is 15.2 Å². The van der Waals surface area contributed by atoms with Crippen LogP contribution >= 0.6 is 23.2 Å². The Balaban J connectivity index is 2.96. The second-order valence-corrected chi connectivity index (χ2v) is 7.12. The molecule has 0 aliphatic heterocycles. The second-order valence-electron chi connectivity index (χ2n) is 6.31. The molecule has 0 heterocycles. The van der Waals surface area contributed by atoms with Crippen molar-refractivity contribution in [2.24, 2.45) is 11.3 Å². The Hall–Kier alpha value is -1.46. The second kappa shape index (κ2) is 7.88. The summed E-state index contributed by atoms with van der Waals surface area (Å²) in [6, 6.07) is 3.06. The first kappa shape index (κ1) is 19.6. The zero-order valence-corrected chi connectivity index (χ0v) is 15.1. The highest BCUT2D eigenvalue weighted by atomic mass is 35.5. The molecule has 1 unspecified atom stereocenters. The number of hydrogen-bond acceptors (Lipinski definition) is 3. The Morgan fingerprint density at radius 2 is 1.83 bits per heavy atom. The Morgan fingerprint density at radius 1 is 1.26 bits per heavy atom. The molecular formula is C16H21Cl2NO4. The maximum atomic E-state index is 12.4. The van der Waals surface area contributed by atoms with Crippen molar-refractivity contribution in [1.29, 1.82) is 0 Å². The Labute approximate surface area is 145 Å². The van der Waals surface area contributed by atoms with Crippen molar-refractivity contribution in [2.45, 2.75) is 27.2 Å². The summed E-state index contributed by atoms with van der Waals surface area (Å²) in [5.41, 5.74) is -0.127. The number of halogens is 2. The van der Waals surface area contributed by atoms with Crippen LogP contribution in [0, 0.1) is 11.3 Å². The lowest BCUT2D eigenvalue weighted by atomic mass is 9.78. The number of hydrogen-bond donors (Lipinski definition) is 2. The van der Waals surface area contributed by atoms with E-state index in [2.05, 4.69) is 5.32 Å². The molecule has 7 heteroatoms. The van der Waals surface area contributed by atoms with Gasteiger partial charge in [0, 0.05) is 6.54 Å². The fourth-order valence-electron chi connectivity index (χ4n) is 2.14. The van der Waals surface area contributed by atoms with E-state index in [9.17, 15) is 9.59 Å². The summed E-state index contributed by atoms with van der Waals surface area (Å²) in [7, 11) is 1.40. The van der Waals surface area contributed by atoms with E-state index in [4.69, 9.17) is 33.0 Å². The van der Waals surface area contributed by atoms with E-state index in [1.54, 1.807) is 6.07 Å². The SMILES string of the molecule is COc1c(Cl)ccc(Cl)c1C(=O)NCC(CC(=O)O)C(C)(C)C. The molecule has 1 aromatic rings. The molecule has 2 N–H and O–H groups in total. The molecule has 0 aliphatic rings. The maximum absolute atomic E-state index is 12.4. The van der Waals surface area contributed by atoms with E-state index >= 15 is 0 Å². The third kappa shape index (κ3) is 5.29. The van der Waals surface area contributed by atoms with E-state index in [0.717, 1.165) is 0 Å². The van der Waals surface area contributed by atoms with Gasteiger partial charge in [0.2, 0.25) is 0 Å². The highest BCUT2D eigenvalue weighted by Gasteiger charge is 2.28. The molecule has 0 aliphatic carbocycles. The number of carbonyl (C=O) groups is 2. The van der Waals surface area contributed by atoms with E-state index in [-0.39, 0.29) is 45.7 Å². The van der Waals surface area contributed by atoms with Crippen LogP contribution in [0.5, 0.6) is 5.75 Å². The first-order chi connectivity index (χ1) is 10.6. The van der Waals surface area contributed by atoms with Gasteiger partial charge in [0.05, 0.1) is 23.6 Å². The molecule has 5 nitrogen and oxygen atoms in total. The van der Waals surface area contributed by atoms with Crippen LogP contribution in [0.15, 0.2) is 12.1 Å². The Morgan fingerprint density at radius 3 is 2.30 bits per heavy atom. The molecule has 1 atom stereocenters. The predicted molar refractivity (Wildman–Crippen MR) is 90.5 cm³/mol. The summed E-state index contributed by atoms with van der Waals surface area (Å²) >= 11 is 12.1. The van der Waals surface area contributed by atoms with Crippen LogP contribution in [0.2, 0.25) is 10.0 Å². The van der Waals surface area contributed by atoms with Crippen molar-refractivity contribution in [3.63, 3.8) is 0 Å². The van der Waals surface area contributed by atoms with Crippen molar-refractivity contribution in [3.05, 3.63) is 27.7 Å². The molecule has 0 saturated heterocycles. The topological polar surface area (TPSA) is 75.6 Å². The Kier molecular flexibility index (Phi) is 6.71. The normalized spacial score (nSPS) is 12.6. The molecule has 0 fully saturated rings. The highest BCUT2D eigenvalue weighted by molar-refractivity contribution is 6.37. The number of carboxylic acids is 1. The quantitative estimate of drug-likeness (QED) is 0.806. The first-order valence-corrected chi connectivity index (χ1v) is 7.85. The minimum Gasteiger partial charge on any atom is -0.494 e. The molecule has 23 heavy (non-hydrogen) atoms. The van der Waals surface area contributed by atoms with Crippen LogP contribution in [-0.2, 0) is 4.79 Å². The van der Waals surface area contributed by atoms with Gasteiger partial charge in [0.15, 0.2) is 5.75 Å². The van der Waals surface area contributed by atoms with Gasteiger partial charge in [-0.1, -0.05) is 44.0 Å². The summed E-state index contributed by atoms with van der Waals surface area (Å²) in [5, 5.41) is 12.2. The zero-order valence-electron chi connectivity index (χ0n) is 13.6. The van der Waals surface area contributed by atoms with Crippen LogP contribution in [-0.4, -0.2) is 30.6 Å². The first-order valence-electron chi connectivity index (χ1n) is 7.10. The number of benzene rings is 1. The smallest absolute Gasteiger partial charge is 0.303 e. The van der Waals surface area contributed by atoms with Gasteiger partial charge in [-0.2, -0.15) is 0 Å². The number of carbonyl (C=O) groups excluding carboxylic acids is 1. The van der Waals surface area contributed by atoms with Crippen LogP contribution in [0.3, 0.4) is 0 Å².